The van der Waals surface area contributed by atoms with Crippen LogP contribution < -0.4 is 21.5 Å². The Labute approximate surface area is 197 Å². The fourth-order valence-electron chi connectivity index (χ4n) is 2.37. The minimum atomic E-state index is -0.743. The molecule has 0 aromatic heterocycles. The first-order valence-electron chi connectivity index (χ1n) is 8.97. The number of halogens is 2. The predicted molar refractivity (Wildman–Crippen MR) is 124 cm³/mol. The number of nitrogens with one attached hydrogen (secondary N) is 4. The minimum absolute atomic E-state index is 0.0513. The Kier molecular flexibility index (Phi) is 8.88. The quantitative estimate of drug-likeness (QED) is 0.272. The fourth-order valence-corrected chi connectivity index (χ4v) is 2.88. The Morgan fingerprint density at radius 2 is 1.72 bits per heavy atom. The van der Waals surface area contributed by atoms with Crippen LogP contribution in [-0.2, 0) is 9.59 Å². The van der Waals surface area contributed by atoms with E-state index in [0.29, 0.717) is 16.3 Å². The summed E-state index contributed by atoms with van der Waals surface area (Å²) < 4.78 is 0. The molecule has 32 heavy (non-hydrogen) atoms. The maximum Gasteiger partial charge on any atom is 0.288 e. The zero-order valence-electron chi connectivity index (χ0n) is 16.5. The number of carbonyl (C=O) groups is 3. The van der Waals surface area contributed by atoms with E-state index in [-0.39, 0.29) is 34.4 Å². The molecule has 2 aromatic rings. The van der Waals surface area contributed by atoms with Crippen molar-refractivity contribution in [3.63, 3.8) is 0 Å². The summed E-state index contributed by atoms with van der Waals surface area (Å²) in [6.45, 7) is 1.76. The van der Waals surface area contributed by atoms with Crippen LogP contribution in [-0.4, -0.2) is 27.8 Å². The molecular formula is C19H17Cl2N5O5S. The zero-order valence-corrected chi connectivity index (χ0v) is 18.9. The Bertz CT molecular complexity index is 1100. The van der Waals surface area contributed by atoms with Gasteiger partial charge in [-0.2, -0.15) is 0 Å². The van der Waals surface area contributed by atoms with E-state index in [1.165, 1.54) is 12.1 Å². The second-order valence-corrected chi connectivity index (χ2v) is 7.56. The van der Waals surface area contributed by atoms with Gasteiger partial charge in [0, 0.05) is 35.2 Å². The van der Waals surface area contributed by atoms with E-state index in [9.17, 15) is 24.5 Å². The summed E-state index contributed by atoms with van der Waals surface area (Å²) in [7, 11) is 0. The van der Waals surface area contributed by atoms with Crippen LogP contribution in [0, 0.1) is 17.0 Å². The number of benzene rings is 2. The number of hydrogen-bond donors (Lipinski definition) is 4. The summed E-state index contributed by atoms with van der Waals surface area (Å²) in [6.07, 6.45) is -0.259. The van der Waals surface area contributed by atoms with E-state index in [1.54, 1.807) is 25.1 Å². The first kappa shape index (κ1) is 25.0. The van der Waals surface area contributed by atoms with Crippen molar-refractivity contribution in [2.45, 2.75) is 19.8 Å². The third-order valence-electron chi connectivity index (χ3n) is 4.07. The Hall–Kier alpha value is -3.28. The Balaban J connectivity index is 1.78. The monoisotopic (exact) mass is 497 g/mol. The first-order chi connectivity index (χ1) is 15.1. The molecule has 0 unspecified atom stereocenters. The molecule has 3 amide bonds. The number of anilines is 1. The number of amides is 3. The van der Waals surface area contributed by atoms with Gasteiger partial charge in [-0.3, -0.25) is 40.7 Å². The number of nitrogens with zero attached hydrogens (tertiary/aromatic N) is 1. The summed E-state index contributed by atoms with van der Waals surface area (Å²) in [5.74, 6) is -1.68. The van der Waals surface area contributed by atoms with Crippen LogP contribution in [0.15, 0.2) is 36.4 Å². The summed E-state index contributed by atoms with van der Waals surface area (Å²) in [5.41, 5.74) is 5.33. The van der Waals surface area contributed by atoms with Crippen LogP contribution in [0.5, 0.6) is 0 Å². The summed E-state index contributed by atoms with van der Waals surface area (Å²) in [6, 6.07) is 8.58. The first-order valence-corrected chi connectivity index (χ1v) is 10.1. The lowest BCUT2D eigenvalue weighted by Crippen LogP contribution is -2.48. The van der Waals surface area contributed by atoms with Crippen molar-refractivity contribution in [3.05, 3.63) is 67.7 Å². The molecule has 0 aliphatic rings. The molecule has 0 saturated carbocycles. The number of carbonyl (C=O) groups excluding carboxylic acids is 3. The molecule has 2 rings (SSSR count). The molecule has 0 spiro atoms. The van der Waals surface area contributed by atoms with E-state index in [1.807, 2.05) is 0 Å². The summed E-state index contributed by atoms with van der Waals surface area (Å²) in [4.78, 5) is 46.3. The van der Waals surface area contributed by atoms with Gasteiger partial charge in [0.25, 0.3) is 11.6 Å². The molecule has 0 saturated heterocycles. The van der Waals surface area contributed by atoms with E-state index >= 15 is 0 Å². The third kappa shape index (κ3) is 7.15. The average molecular weight is 498 g/mol. The van der Waals surface area contributed by atoms with Crippen LogP contribution in [0.3, 0.4) is 0 Å². The van der Waals surface area contributed by atoms with Gasteiger partial charge in [-0.25, -0.2) is 0 Å². The third-order valence-corrected chi connectivity index (χ3v) is 5.00. The van der Waals surface area contributed by atoms with Crippen molar-refractivity contribution in [2.24, 2.45) is 0 Å². The smallest absolute Gasteiger partial charge is 0.288 e. The Morgan fingerprint density at radius 1 is 1.03 bits per heavy atom. The van der Waals surface area contributed by atoms with E-state index in [0.717, 1.165) is 6.07 Å². The highest BCUT2D eigenvalue weighted by Gasteiger charge is 2.17. The number of nitro benzene ring substituents is 1. The number of thiocarbonyl (C=S) groups is 1. The normalized spacial score (nSPS) is 10.1. The van der Waals surface area contributed by atoms with Gasteiger partial charge in [0.05, 0.1) is 4.92 Å². The van der Waals surface area contributed by atoms with Gasteiger partial charge < -0.3 is 5.32 Å². The van der Waals surface area contributed by atoms with Gasteiger partial charge in [-0.15, -0.1) is 0 Å². The molecule has 13 heteroatoms. The van der Waals surface area contributed by atoms with Crippen LogP contribution in [0.2, 0.25) is 10.0 Å². The van der Waals surface area contributed by atoms with E-state index < -0.39 is 22.4 Å². The molecule has 0 atom stereocenters. The minimum Gasteiger partial charge on any atom is -0.326 e. The number of hydrazine groups is 1. The topological polar surface area (TPSA) is 142 Å². The lowest BCUT2D eigenvalue weighted by atomic mass is 10.2. The van der Waals surface area contributed by atoms with Crippen molar-refractivity contribution in [2.75, 3.05) is 5.32 Å². The average Bonchev–Trinajstić information content (AvgIpc) is 2.74. The van der Waals surface area contributed by atoms with Crippen molar-refractivity contribution in [1.82, 2.24) is 16.2 Å². The maximum absolute atomic E-state index is 12.1. The molecule has 0 fully saturated rings. The molecule has 2 aromatic carbocycles. The standard InChI is InChI=1S/C19H17Cl2N5O5S/c1-10-12(20)3-2-4-14(10)22-16(27)7-8-17(28)24-25-19(32)23-18(29)11-5-6-13(21)15(9-11)26(30)31/h2-6,9H,7-8H2,1H3,(H,22,27)(H,24,28)(H2,23,25,29,32). The fraction of sp³-hybridized carbons (Fsp3) is 0.158. The molecule has 168 valence electrons. The van der Waals surface area contributed by atoms with E-state index in [2.05, 4.69) is 21.5 Å². The van der Waals surface area contributed by atoms with Crippen LogP contribution in [0.4, 0.5) is 11.4 Å². The molecular weight excluding hydrogens is 481 g/mol. The lowest BCUT2D eigenvalue weighted by molar-refractivity contribution is -0.384. The molecule has 0 bridgehead atoms. The van der Waals surface area contributed by atoms with Gasteiger partial charge in [0.15, 0.2) is 5.11 Å². The molecule has 0 radical (unpaired) electrons. The second kappa shape index (κ2) is 11.4. The van der Waals surface area contributed by atoms with Crippen molar-refractivity contribution in [1.29, 1.82) is 0 Å². The molecule has 10 nitrogen and oxygen atoms in total. The number of rotatable bonds is 6. The SMILES string of the molecule is Cc1c(Cl)cccc1NC(=O)CCC(=O)NNC(=S)NC(=O)c1ccc(Cl)c([N+](=O)[O-])c1. The highest BCUT2D eigenvalue weighted by Crippen LogP contribution is 2.25. The van der Waals surface area contributed by atoms with Gasteiger partial charge in [-0.1, -0.05) is 29.3 Å². The van der Waals surface area contributed by atoms with Gasteiger partial charge in [0.1, 0.15) is 5.02 Å². The largest absolute Gasteiger partial charge is 0.326 e. The van der Waals surface area contributed by atoms with Gasteiger partial charge >= 0.3 is 0 Å². The lowest BCUT2D eigenvalue weighted by Gasteiger charge is -2.11. The highest BCUT2D eigenvalue weighted by atomic mass is 35.5. The number of nitro groups is 1. The van der Waals surface area contributed by atoms with Crippen molar-refractivity contribution >= 4 is 69.6 Å². The summed E-state index contributed by atoms with van der Waals surface area (Å²) >= 11 is 16.6. The van der Waals surface area contributed by atoms with E-state index in [4.69, 9.17) is 35.4 Å². The second-order valence-electron chi connectivity index (χ2n) is 6.34. The molecule has 0 aliphatic carbocycles. The Morgan fingerprint density at radius 3 is 2.41 bits per heavy atom. The van der Waals surface area contributed by atoms with Crippen LogP contribution >= 0.6 is 35.4 Å². The molecule has 4 N–H and O–H groups in total. The highest BCUT2D eigenvalue weighted by molar-refractivity contribution is 7.80. The van der Waals surface area contributed by atoms with Crippen molar-refractivity contribution in [3.8, 4) is 0 Å². The maximum atomic E-state index is 12.1. The predicted octanol–water partition coefficient (Wildman–Crippen LogP) is 3.26. The molecule has 0 aliphatic heterocycles. The zero-order chi connectivity index (χ0) is 23.8. The van der Waals surface area contributed by atoms with Crippen molar-refractivity contribution < 1.29 is 19.3 Å². The molecule has 0 heterocycles. The van der Waals surface area contributed by atoms with Gasteiger partial charge in [-0.05, 0) is 49.0 Å². The van der Waals surface area contributed by atoms with Gasteiger partial charge in [0.2, 0.25) is 11.8 Å². The number of hydrogen-bond acceptors (Lipinski definition) is 6. The van der Waals surface area contributed by atoms with Crippen LogP contribution in [0.25, 0.3) is 0 Å². The van der Waals surface area contributed by atoms with Crippen LogP contribution in [0.1, 0.15) is 28.8 Å². The summed E-state index contributed by atoms with van der Waals surface area (Å²) in [5, 5.41) is 16.0.